The van der Waals surface area contributed by atoms with Crippen LogP contribution < -0.4 is 25.3 Å². The molecule has 0 aliphatic carbocycles. The van der Waals surface area contributed by atoms with Crippen LogP contribution in [-0.4, -0.2) is 70.1 Å². The number of carbonyl (C=O) groups is 1. The van der Waals surface area contributed by atoms with Crippen molar-refractivity contribution >= 4 is 12.1 Å². The normalized spacial score (nSPS) is 15.1. The largest absolute Gasteiger partial charge is 0.496 e. The highest BCUT2D eigenvalue weighted by atomic mass is 16.6. The number of aliphatic imine (C=N–C) groups is 1. The fraction of sp³-hybridized carbons (Fsp3) is 0.579. The third kappa shape index (κ3) is 6.71. The molecule has 1 amide bonds. The molecule has 9 nitrogen and oxygen atoms in total. The maximum atomic E-state index is 11.7. The second-order valence-corrected chi connectivity index (χ2v) is 6.27. The molecule has 0 bridgehead atoms. The van der Waals surface area contributed by atoms with Gasteiger partial charge >= 0.3 is 6.09 Å². The van der Waals surface area contributed by atoms with E-state index in [4.69, 9.17) is 24.7 Å². The van der Waals surface area contributed by atoms with Crippen LogP contribution in [0.5, 0.6) is 17.2 Å². The van der Waals surface area contributed by atoms with Crippen molar-refractivity contribution in [3.05, 3.63) is 18.2 Å². The average Bonchev–Trinajstić information content (AvgIpc) is 2.71. The number of piperidine rings is 1. The topological polar surface area (TPSA) is 108 Å². The molecule has 1 aliphatic rings. The average molecular weight is 394 g/mol. The molecule has 1 saturated heterocycles. The standard InChI is InChI=1S/C19H30N4O5/c1-4-27-19(24)23-8-5-14(6-9-23)22-18(20)21-7-10-28-17-12-15(25-2)11-16(13-17)26-3/h11-14H,4-10H2,1-3H3,(H3,20,21,22). The molecule has 1 fully saturated rings. The number of benzene rings is 1. The van der Waals surface area contributed by atoms with E-state index in [1.807, 2.05) is 0 Å². The first-order valence-electron chi connectivity index (χ1n) is 9.39. The lowest BCUT2D eigenvalue weighted by atomic mass is 10.1. The third-order valence-corrected chi connectivity index (χ3v) is 4.34. The number of hydrogen-bond donors (Lipinski definition) is 2. The third-order valence-electron chi connectivity index (χ3n) is 4.34. The van der Waals surface area contributed by atoms with Gasteiger partial charge in [0.1, 0.15) is 23.9 Å². The lowest BCUT2D eigenvalue weighted by molar-refractivity contribution is 0.0963. The lowest BCUT2D eigenvalue weighted by Crippen LogP contribution is -2.48. The van der Waals surface area contributed by atoms with Crippen LogP contribution in [-0.2, 0) is 4.74 Å². The van der Waals surface area contributed by atoms with Crippen LogP contribution in [0.25, 0.3) is 0 Å². The summed E-state index contributed by atoms with van der Waals surface area (Å²) in [5.74, 6) is 2.34. The molecule has 9 heteroatoms. The Balaban J connectivity index is 1.71. The van der Waals surface area contributed by atoms with Gasteiger partial charge in [-0.05, 0) is 19.8 Å². The Bertz CT molecular complexity index is 637. The Hall–Kier alpha value is -2.84. The number of hydrogen-bond acceptors (Lipinski definition) is 6. The van der Waals surface area contributed by atoms with Crippen molar-refractivity contribution in [3.63, 3.8) is 0 Å². The van der Waals surface area contributed by atoms with Crippen LogP contribution in [0.15, 0.2) is 23.2 Å². The maximum absolute atomic E-state index is 11.7. The molecule has 1 aliphatic heterocycles. The Morgan fingerprint density at radius 3 is 2.36 bits per heavy atom. The number of methoxy groups -OCH3 is 2. The van der Waals surface area contributed by atoms with Crippen LogP contribution in [0.4, 0.5) is 4.79 Å². The van der Waals surface area contributed by atoms with E-state index < -0.39 is 0 Å². The molecule has 28 heavy (non-hydrogen) atoms. The molecule has 1 aromatic carbocycles. The van der Waals surface area contributed by atoms with Gasteiger partial charge in [-0.3, -0.25) is 0 Å². The predicted octanol–water partition coefficient (Wildman–Crippen LogP) is 1.61. The highest BCUT2D eigenvalue weighted by Gasteiger charge is 2.23. The minimum atomic E-state index is -0.256. The van der Waals surface area contributed by atoms with Crippen molar-refractivity contribution in [2.24, 2.45) is 10.7 Å². The number of carbonyl (C=O) groups excluding carboxylic acids is 1. The summed E-state index contributed by atoms with van der Waals surface area (Å²) in [6.07, 6.45) is 1.35. The SMILES string of the molecule is CCOC(=O)N1CCC(NC(N)=NCCOc2cc(OC)cc(OC)c2)CC1. The number of rotatable bonds is 8. The van der Waals surface area contributed by atoms with Gasteiger partial charge in [0.05, 0.1) is 27.4 Å². The highest BCUT2D eigenvalue weighted by Crippen LogP contribution is 2.27. The molecule has 2 rings (SSSR count). The maximum Gasteiger partial charge on any atom is 0.409 e. The molecular formula is C19H30N4O5. The molecule has 0 atom stereocenters. The number of likely N-dealkylation sites (tertiary alicyclic amines) is 1. The lowest BCUT2D eigenvalue weighted by Gasteiger charge is -2.31. The molecule has 3 N–H and O–H groups in total. The van der Waals surface area contributed by atoms with Gasteiger partial charge in [-0.1, -0.05) is 0 Å². The van der Waals surface area contributed by atoms with E-state index in [0.717, 1.165) is 12.8 Å². The van der Waals surface area contributed by atoms with Crippen LogP contribution >= 0.6 is 0 Å². The quantitative estimate of drug-likeness (QED) is 0.392. The first kappa shape index (κ1) is 21.5. The second-order valence-electron chi connectivity index (χ2n) is 6.27. The number of ether oxygens (including phenoxy) is 4. The minimum absolute atomic E-state index is 0.193. The number of guanidine groups is 1. The fourth-order valence-corrected chi connectivity index (χ4v) is 2.87. The fourth-order valence-electron chi connectivity index (χ4n) is 2.87. The zero-order valence-corrected chi connectivity index (χ0v) is 16.8. The zero-order valence-electron chi connectivity index (χ0n) is 16.8. The van der Waals surface area contributed by atoms with E-state index in [1.165, 1.54) is 0 Å². The summed E-state index contributed by atoms with van der Waals surface area (Å²) in [5.41, 5.74) is 5.96. The summed E-state index contributed by atoms with van der Waals surface area (Å²) < 4.78 is 21.1. The molecule has 1 heterocycles. The van der Waals surface area contributed by atoms with Crippen molar-refractivity contribution in [3.8, 4) is 17.2 Å². The van der Waals surface area contributed by atoms with Crippen LogP contribution in [0.2, 0.25) is 0 Å². The second kappa shape index (κ2) is 11.1. The number of amides is 1. The van der Waals surface area contributed by atoms with E-state index in [-0.39, 0.29) is 12.1 Å². The molecule has 0 unspecified atom stereocenters. The summed E-state index contributed by atoms with van der Waals surface area (Å²) in [5, 5.41) is 3.20. The minimum Gasteiger partial charge on any atom is -0.496 e. The van der Waals surface area contributed by atoms with Gasteiger partial charge in [-0.2, -0.15) is 0 Å². The Labute approximate surface area is 165 Å². The molecule has 0 aromatic heterocycles. The van der Waals surface area contributed by atoms with E-state index in [9.17, 15) is 4.79 Å². The van der Waals surface area contributed by atoms with Crippen molar-refractivity contribution < 1.29 is 23.7 Å². The van der Waals surface area contributed by atoms with E-state index in [0.29, 0.717) is 56.1 Å². The van der Waals surface area contributed by atoms with Gasteiger partial charge in [-0.25, -0.2) is 9.79 Å². The Morgan fingerprint density at radius 1 is 1.18 bits per heavy atom. The van der Waals surface area contributed by atoms with Gasteiger partial charge in [0.2, 0.25) is 0 Å². The molecule has 0 saturated carbocycles. The van der Waals surface area contributed by atoms with Gasteiger partial charge in [-0.15, -0.1) is 0 Å². The van der Waals surface area contributed by atoms with Gasteiger partial charge in [0, 0.05) is 37.3 Å². The van der Waals surface area contributed by atoms with Crippen molar-refractivity contribution in [2.75, 3.05) is 47.1 Å². The summed E-state index contributed by atoms with van der Waals surface area (Å²) in [6, 6.07) is 5.54. The molecule has 0 spiro atoms. The first-order chi connectivity index (χ1) is 13.5. The van der Waals surface area contributed by atoms with Crippen molar-refractivity contribution in [1.82, 2.24) is 10.2 Å². The summed E-state index contributed by atoms with van der Waals surface area (Å²) in [4.78, 5) is 17.7. The van der Waals surface area contributed by atoms with Gasteiger partial charge < -0.3 is 34.9 Å². The summed E-state index contributed by atoms with van der Waals surface area (Å²) in [6.45, 7) is 4.27. The highest BCUT2D eigenvalue weighted by molar-refractivity contribution is 5.78. The summed E-state index contributed by atoms with van der Waals surface area (Å²) in [7, 11) is 3.18. The van der Waals surface area contributed by atoms with Crippen molar-refractivity contribution in [1.29, 1.82) is 0 Å². The first-order valence-corrected chi connectivity index (χ1v) is 9.39. The predicted molar refractivity (Wildman–Crippen MR) is 106 cm³/mol. The van der Waals surface area contributed by atoms with Crippen LogP contribution in [0, 0.1) is 0 Å². The van der Waals surface area contributed by atoms with Crippen molar-refractivity contribution in [2.45, 2.75) is 25.8 Å². The number of nitrogens with zero attached hydrogens (tertiary/aromatic N) is 2. The van der Waals surface area contributed by atoms with Gasteiger partial charge in [0.15, 0.2) is 5.96 Å². The Morgan fingerprint density at radius 2 is 1.79 bits per heavy atom. The smallest absolute Gasteiger partial charge is 0.409 e. The number of nitrogens with two attached hydrogens (primary N) is 1. The van der Waals surface area contributed by atoms with E-state index in [1.54, 1.807) is 44.2 Å². The molecule has 0 radical (unpaired) electrons. The zero-order chi connectivity index (χ0) is 20.4. The van der Waals surface area contributed by atoms with Crippen LogP contribution in [0.3, 0.4) is 0 Å². The van der Waals surface area contributed by atoms with E-state index in [2.05, 4.69) is 10.3 Å². The Kier molecular flexibility index (Phi) is 8.51. The molecule has 1 aromatic rings. The monoisotopic (exact) mass is 394 g/mol. The molecular weight excluding hydrogens is 364 g/mol. The summed E-state index contributed by atoms with van der Waals surface area (Å²) >= 11 is 0. The molecule has 156 valence electrons. The van der Waals surface area contributed by atoms with Gasteiger partial charge in [0.25, 0.3) is 0 Å². The number of nitrogens with one attached hydrogen (secondary N) is 1. The van der Waals surface area contributed by atoms with Crippen LogP contribution in [0.1, 0.15) is 19.8 Å². The van der Waals surface area contributed by atoms with E-state index >= 15 is 0 Å².